The number of benzene rings is 2. The topological polar surface area (TPSA) is 66.4 Å². The van der Waals surface area contributed by atoms with E-state index in [0.29, 0.717) is 5.56 Å². The van der Waals surface area contributed by atoms with Crippen LogP contribution in [0.15, 0.2) is 42.5 Å². The van der Waals surface area contributed by atoms with Crippen molar-refractivity contribution in [1.29, 1.82) is 0 Å². The Morgan fingerprint density at radius 2 is 1.66 bits per heavy atom. The van der Waals surface area contributed by atoms with Gasteiger partial charge in [-0.3, -0.25) is 9.59 Å². The first kappa shape index (κ1) is 27.2. The molecular formula is C24H22Cl2F5NO3. The van der Waals surface area contributed by atoms with Gasteiger partial charge in [-0.05, 0) is 47.2 Å². The fourth-order valence-corrected chi connectivity index (χ4v) is 4.63. The average molecular weight is 538 g/mol. The number of hydrogen-bond acceptors (Lipinski definition) is 2. The fraction of sp³-hybridized carbons (Fsp3) is 0.417. The van der Waals surface area contributed by atoms with Crippen LogP contribution in [0.1, 0.15) is 49.1 Å². The third-order valence-electron chi connectivity index (χ3n) is 6.29. The summed E-state index contributed by atoms with van der Waals surface area (Å²) in [6.07, 6.45) is -6.06. The van der Waals surface area contributed by atoms with Crippen LogP contribution in [0.5, 0.6) is 0 Å². The minimum atomic E-state index is -4.69. The lowest BCUT2D eigenvalue weighted by atomic mass is 9.69. The number of carbonyl (C=O) groups is 2. The normalized spacial score (nSPS) is 18.3. The number of hydrogen-bond donors (Lipinski definition) is 2. The largest absolute Gasteiger partial charge is 0.481 e. The maximum Gasteiger partial charge on any atom is 0.392 e. The molecular weight excluding hydrogens is 516 g/mol. The lowest BCUT2D eigenvalue weighted by Gasteiger charge is -2.40. The van der Waals surface area contributed by atoms with Gasteiger partial charge in [0.15, 0.2) is 0 Å². The highest BCUT2D eigenvalue weighted by Crippen LogP contribution is 2.50. The second-order valence-corrected chi connectivity index (χ2v) is 9.66. The molecule has 1 aliphatic rings. The number of carboxylic acids is 1. The smallest absolute Gasteiger partial charge is 0.392 e. The minimum absolute atomic E-state index is 0.00429. The molecule has 1 saturated carbocycles. The van der Waals surface area contributed by atoms with Gasteiger partial charge in [-0.15, -0.1) is 0 Å². The fourth-order valence-electron chi connectivity index (χ4n) is 4.34. The molecule has 4 nitrogen and oxygen atoms in total. The van der Waals surface area contributed by atoms with Gasteiger partial charge >= 0.3 is 12.1 Å². The molecule has 35 heavy (non-hydrogen) atoms. The van der Waals surface area contributed by atoms with Crippen molar-refractivity contribution in [1.82, 2.24) is 0 Å². The Hall–Kier alpha value is -2.39. The molecule has 2 aromatic carbocycles. The zero-order valence-corrected chi connectivity index (χ0v) is 19.9. The van der Waals surface area contributed by atoms with Crippen LogP contribution in [-0.2, 0) is 9.59 Å². The maximum absolute atomic E-state index is 13.6. The third kappa shape index (κ3) is 6.64. The lowest BCUT2D eigenvalue weighted by Crippen LogP contribution is -2.39. The van der Waals surface area contributed by atoms with Crippen molar-refractivity contribution in [3.8, 4) is 0 Å². The van der Waals surface area contributed by atoms with Crippen LogP contribution >= 0.6 is 23.2 Å². The van der Waals surface area contributed by atoms with E-state index in [-0.39, 0.29) is 21.3 Å². The van der Waals surface area contributed by atoms with Gasteiger partial charge in [0.05, 0.1) is 29.0 Å². The first-order chi connectivity index (χ1) is 16.2. The summed E-state index contributed by atoms with van der Waals surface area (Å²) < 4.78 is 67.6. The van der Waals surface area contributed by atoms with Crippen LogP contribution in [0.2, 0.25) is 10.0 Å². The summed E-state index contributed by atoms with van der Waals surface area (Å²) in [5.41, 5.74) is 0.396. The number of amides is 1. The molecule has 1 fully saturated rings. The molecule has 0 aliphatic heterocycles. The molecule has 0 radical (unpaired) electrons. The van der Waals surface area contributed by atoms with E-state index in [2.05, 4.69) is 5.32 Å². The Balaban J connectivity index is 1.92. The highest BCUT2D eigenvalue weighted by molar-refractivity contribution is 6.33. The van der Waals surface area contributed by atoms with Gasteiger partial charge < -0.3 is 10.4 Å². The number of carboxylic acid groups (broad SMARTS) is 1. The van der Waals surface area contributed by atoms with Crippen LogP contribution in [0, 0.1) is 11.8 Å². The number of aliphatic carboxylic acids is 1. The van der Waals surface area contributed by atoms with Gasteiger partial charge in [0.2, 0.25) is 11.8 Å². The summed E-state index contributed by atoms with van der Waals surface area (Å²) >= 11 is 12.0. The lowest BCUT2D eigenvalue weighted by molar-refractivity contribution is -0.178. The predicted molar refractivity (Wildman–Crippen MR) is 122 cm³/mol. The predicted octanol–water partition coefficient (Wildman–Crippen LogP) is 7.52. The number of alkyl halides is 5. The Labute approximate surface area is 208 Å². The first-order valence-electron chi connectivity index (χ1n) is 10.7. The molecule has 0 bridgehead atoms. The van der Waals surface area contributed by atoms with Crippen molar-refractivity contribution in [2.45, 2.75) is 50.1 Å². The second-order valence-electron chi connectivity index (χ2n) is 8.82. The number of anilines is 1. The van der Waals surface area contributed by atoms with Crippen molar-refractivity contribution in [2.24, 2.45) is 11.8 Å². The monoisotopic (exact) mass is 537 g/mol. The van der Waals surface area contributed by atoms with E-state index in [4.69, 9.17) is 23.2 Å². The zero-order chi connectivity index (χ0) is 26.1. The summed E-state index contributed by atoms with van der Waals surface area (Å²) in [6.45, 7) is 0.885. The number of halogens is 7. The van der Waals surface area contributed by atoms with Crippen molar-refractivity contribution >= 4 is 40.8 Å². The first-order valence-corrected chi connectivity index (χ1v) is 11.5. The van der Waals surface area contributed by atoms with Crippen LogP contribution in [0.4, 0.5) is 27.6 Å². The highest BCUT2D eigenvalue weighted by Gasteiger charge is 2.49. The standard InChI is InChI=1S/C24H22Cl2F5NO3/c1-12(24(29,30)31)21(13-2-5-16(25)6-3-13)22(35)32-19-8-14(4-7-18(19)26)17(9-20(33)34)15-10-23(27,28)11-15/h2-8,12,15,17,21H,9-11H2,1H3,(H,32,35)(H,33,34). The SMILES string of the molecule is CC(C(C(=O)Nc1cc(C(CC(=O)O)C2CC(F)(F)C2)ccc1Cl)c1ccc(Cl)cc1)C(F)(F)F. The van der Waals surface area contributed by atoms with E-state index in [1.54, 1.807) is 0 Å². The molecule has 11 heteroatoms. The summed E-state index contributed by atoms with van der Waals surface area (Å²) in [5.74, 6) is -10.1. The summed E-state index contributed by atoms with van der Waals surface area (Å²) in [6, 6.07) is 9.55. The minimum Gasteiger partial charge on any atom is -0.481 e. The molecule has 2 N–H and O–H groups in total. The van der Waals surface area contributed by atoms with E-state index in [9.17, 15) is 36.6 Å². The van der Waals surface area contributed by atoms with Crippen LogP contribution in [-0.4, -0.2) is 29.1 Å². The van der Waals surface area contributed by atoms with Gasteiger partial charge in [-0.2, -0.15) is 13.2 Å². The van der Waals surface area contributed by atoms with E-state index in [0.717, 1.165) is 6.92 Å². The Kier molecular flexibility index (Phi) is 8.01. The van der Waals surface area contributed by atoms with Gasteiger partial charge in [0.1, 0.15) is 0 Å². The molecule has 3 atom stereocenters. The quantitative estimate of drug-likeness (QED) is 0.342. The average Bonchev–Trinajstić information content (AvgIpc) is 2.72. The van der Waals surface area contributed by atoms with Gasteiger partial charge in [0.25, 0.3) is 0 Å². The van der Waals surface area contributed by atoms with E-state index >= 15 is 0 Å². The number of rotatable bonds is 8. The molecule has 3 unspecified atom stereocenters. The van der Waals surface area contributed by atoms with Gasteiger partial charge in [-0.25, -0.2) is 8.78 Å². The van der Waals surface area contributed by atoms with Crippen molar-refractivity contribution in [3.05, 3.63) is 63.6 Å². The van der Waals surface area contributed by atoms with Crippen molar-refractivity contribution in [2.75, 3.05) is 5.32 Å². The molecule has 1 amide bonds. The maximum atomic E-state index is 13.6. The highest BCUT2D eigenvalue weighted by atomic mass is 35.5. The Morgan fingerprint density at radius 1 is 1.09 bits per heavy atom. The summed E-state index contributed by atoms with van der Waals surface area (Å²) in [5, 5.41) is 12.0. The summed E-state index contributed by atoms with van der Waals surface area (Å²) in [4.78, 5) is 24.4. The zero-order valence-electron chi connectivity index (χ0n) is 18.4. The Morgan fingerprint density at radius 3 is 2.17 bits per heavy atom. The van der Waals surface area contributed by atoms with E-state index in [1.807, 2.05) is 0 Å². The van der Waals surface area contributed by atoms with Crippen LogP contribution in [0.25, 0.3) is 0 Å². The van der Waals surface area contributed by atoms with Gasteiger partial charge in [0, 0.05) is 17.9 Å². The van der Waals surface area contributed by atoms with Gasteiger partial charge in [-0.1, -0.05) is 48.3 Å². The van der Waals surface area contributed by atoms with Crippen LogP contribution < -0.4 is 5.32 Å². The molecule has 1 aliphatic carbocycles. The third-order valence-corrected chi connectivity index (χ3v) is 6.87. The van der Waals surface area contributed by atoms with Crippen molar-refractivity contribution in [3.63, 3.8) is 0 Å². The number of carbonyl (C=O) groups excluding carboxylic acids is 1. The molecule has 190 valence electrons. The van der Waals surface area contributed by atoms with E-state index in [1.165, 1.54) is 42.5 Å². The van der Waals surface area contributed by atoms with Crippen LogP contribution in [0.3, 0.4) is 0 Å². The molecule has 3 rings (SSSR count). The Bertz CT molecular complexity index is 1080. The molecule has 2 aromatic rings. The van der Waals surface area contributed by atoms with Crippen molar-refractivity contribution < 1.29 is 36.6 Å². The molecule has 0 heterocycles. The molecule has 0 spiro atoms. The van der Waals surface area contributed by atoms with E-state index < -0.39 is 66.9 Å². The molecule has 0 aromatic heterocycles. The summed E-state index contributed by atoms with van der Waals surface area (Å²) in [7, 11) is 0. The second kappa shape index (κ2) is 10.3. The number of nitrogens with one attached hydrogen (secondary N) is 1. The molecule has 0 saturated heterocycles.